The second-order valence-corrected chi connectivity index (χ2v) is 5.13. The van der Waals surface area contributed by atoms with Gasteiger partial charge in [0.2, 0.25) is 0 Å². The van der Waals surface area contributed by atoms with Gasteiger partial charge in [-0.15, -0.1) is 6.58 Å². The summed E-state index contributed by atoms with van der Waals surface area (Å²) in [6, 6.07) is 4.11. The summed E-state index contributed by atoms with van der Waals surface area (Å²) in [6.45, 7) is 3.21. The number of ether oxygens (including phenoxy) is 1. The van der Waals surface area contributed by atoms with Crippen LogP contribution in [0.25, 0.3) is 0 Å². The highest BCUT2D eigenvalue weighted by Gasteiger charge is 2.35. The molecule has 120 valence electrons. The molecule has 7 heteroatoms. The van der Waals surface area contributed by atoms with Gasteiger partial charge < -0.3 is 9.64 Å². The predicted octanol–water partition coefficient (Wildman–Crippen LogP) is 0.714. The van der Waals surface area contributed by atoms with Crippen molar-refractivity contribution in [2.24, 2.45) is 0 Å². The largest absolute Gasteiger partial charge is 0.452 e. The average molecular weight is 316 g/mol. The molecule has 0 aliphatic carbocycles. The quantitative estimate of drug-likeness (QED) is 0.454. The highest BCUT2D eigenvalue weighted by Crippen LogP contribution is 2.24. The lowest BCUT2D eigenvalue weighted by atomic mass is 10.1. The summed E-state index contributed by atoms with van der Waals surface area (Å²) in [5.74, 6) is -2.00. The maximum atomic E-state index is 12.2. The third kappa shape index (κ3) is 3.13. The first kappa shape index (κ1) is 16.4. The van der Waals surface area contributed by atoms with E-state index in [0.29, 0.717) is 0 Å². The third-order valence-electron chi connectivity index (χ3n) is 3.34. The molecular weight excluding hydrogens is 300 g/mol. The molecule has 0 unspecified atom stereocenters. The molecule has 1 heterocycles. The molecule has 0 atom stereocenters. The van der Waals surface area contributed by atoms with E-state index in [0.717, 1.165) is 4.90 Å². The molecule has 23 heavy (non-hydrogen) atoms. The first-order chi connectivity index (χ1) is 10.9. The van der Waals surface area contributed by atoms with Crippen LogP contribution in [-0.2, 0) is 9.53 Å². The zero-order valence-corrected chi connectivity index (χ0v) is 12.9. The van der Waals surface area contributed by atoms with Crippen LogP contribution in [-0.4, -0.2) is 60.7 Å². The number of fused-ring (bicyclic) bond motifs is 1. The van der Waals surface area contributed by atoms with Gasteiger partial charge in [0.15, 0.2) is 6.61 Å². The molecule has 7 nitrogen and oxygen atoms in total. The minimum atomic E-state index is -0.731. The number of hydrogen-bond donors (Lipinski definition) is 0. The van der Waals surface area contributed by atoms with Crippen LogP contribution in [0.15, 0.2) is 30.9 Å². The number of hydrogen-bond acceptors (Lipinski definition) is 5. The first-order valence-corrected chi connectivity index (χ1v) is 6.85. The second kappa shape index (κ2) is 6.43. The summed E-state index contributed by atoms with van der Waals surface area (Å²) in [5, 5.41) is 0. The van der Waals surface area contributed by atoms with Crippen molar-refractivity contribution in [3.63, 3.8) is 0 Å². The number of benzene rings is 1. The molecule has 1 aliphatic rings. The van der Waals surface area contributed by atoms with Crippen molar-refractivity contribution in [1.29, 1.82) is 0 Å². The number of carbonyl (C=O) groups excluding carboxylic acids is 4. The van der Waals surface area contributed by atoms with Crippen molar-refractivity contribution in [3.05, 3.63) is 47.5 Å². The van der Waals surface area contributed by atoms with E-state index < -0.39 is 24.4 Å². The number of amides is 3. The fourth-order valence-electron chi connectivity index (χ4n) is 2.05. The van der Waals surface area contributed by atoms with E-state index in [4.69, 9.17) is 4.74 Å². The topological polar surface area (TPSA) is 84.0 Å². The summed E-state index contributed by atoms with van der Waals surface area (Å²) in [7, 11) is 3.09. The van der Waals surface area contributed by atoms with Crippen LogP contribution >= 0.6 is 0 Å². The molecule has 0 saturated heterocycles. The molecule has 2 rings (SSSR count). The summed E-state index contributed by atoms with van der Waals surface area (Å²) >= 11 is 0. The summed E-state index contributed by atoms with van der Waals surface area (Å²) < 4.78 is 4.89. The SMILES string of the molecule is C=CCN1C(=O)c2ccc(C(=O)OCC(=O)N(C)C)cc2C1=O. The summed E-state index contributed by atoms with van der Waals surface area (Å²) in [4.78, 5) is 49.9. The monoisotopic (exact) mass is 316 g/mol. The Morgan fingerprint density at radius 2 is 1.87 bits per heavy atom. The van der Waals surface area contributed by atoms with Crippen molar-refractivity contribution in [1.82, 2.24) is 9.80 Å². The van der Waals surface area contributed by atoms with Crippen molar-refractivity contribution >= 4 is 23.7 Å². The van der Waals surface area contributed by atoms with Crippen molar-refractivity contribution < 1.29 is 23.9 Å². The number of rotatable bonds is 5. The highest BCUT2D eigenvalue weighted by atomic mass is 16.5. The lowest BCUT2D eigenvalue weighted by molar-refractivity contribution is -0.131. The summed E-state index contributed by atoms with van der Waals surface area (Å²) in [5.41, 5.74) is 0.486. The second-order valence-electron chi connectivity index (χ2n) is 5.13. The van der Waals surface area contributed by atoms with Gasteiger partial charge in [-0.2, -0.15) is 0 Å². The van der Waals surface area contributed by atoms with E-state index in [9.17, 15) is 19.2 Å². The minimum absolute atomic E-state index is 0.101. The summed E-state index contributed by atoms with van der Waals surface area (Å²) in [6.07, 6.45) is 1.45. The van der Waals surface area contributed by atoms with Crippen LogP contribution in [0, 0.1) is 0 Å². The number of imide groups is 1. The Balaban J connectivity index is 2.18. The van der Waals surface area contributed by atoms with E-state index in [-0.39, 0.29) is 29.1 Å². The van der Waals surface area contributed by atoms with E-state index in [1.165, 1.54) is 29.2 Å². The molecule has 1 aliphatic heterocycles. The smallest absolute Gasteiger partial charge is 0.338 e. The normalized spacial score (nSPS) is 12.9. The molecule has 0 radical (unpaired) electrons. The third-order valence-corrected chi connectivity index (χ3v) is 3.34. The zero-order chi connectivity index (χ0) is 17.1. The Morgan fingerprint density at radius 3 is 2.48 bits per heavy atom. The lowest BCUT2D eigenvalue weighted by Gasteiger charge is -2.10. The number of likely N-dealkylation sites (N-methyl/N-ethyl adjacent to an activating group) is 1. The molecule has 0 fully saturated rings. The van der Waals surface area contributed by atoms with E-state index >= 15 is 0 Å². The molecule has 0 bridgehead atoms. The Morgan fingerprint density at radius 1 is 1.22 bits per heavy atom. The van der Waals surface area contributed by atoms with Crippen LogP contribution in [0.3, 0.4) is 0 Å². The highest BCUT2D eigenvalue weighted by molar-refractivity contribution is 6.22. The van der Waals surface area contributed by atoms with Gasteiger partial charge in [-0.1, -0.05) is 6.08 Å². The van der Waals surface area contributed by atoms with Gasteiger partial charge in [0.1, 0.15) is 0 Å². The molecular formula is C16H16N2O5. The molecule has 1 aromatic rings. The van der Waals surface area contributed by atoms with Crippen LogP contribution in [0.1, 0.15) is 31.1 Å². The number of esters is 1. The van der Waals surface area contributed by atoms with Gasteiger partial charge in [0.25, 0.3) is 17.7 Å². The van der Waals surface area contributed by atoms with E-state index in [1.807, 2.05) is 0 Å². The minimum Gasteiger partial charge on any atom is -0.452 e. The number of carbonyl (C=O) groups is 4. The van der Waals surface area contributed by atoms with Gasteiger partial charge in [0, 0.05) is 20.6 Å². The van der Waals surface area contributed by atoms with Crippen molar-refractivity contribution in [2.45, 2.75) is 0 Å². The molecule has 0 aromatic heterocycles. The standard InChI is InChI=1S/C16H16N2O5/c1-4-7-18-14(20)11-6-5-10(8-12(11)15(18)21)16(22)23-9-13(19)17(2)3/h4-6,8H,1,7,9H2,2-3H3. The predicted molar refractivity (Wildman–Crippen MR) is 81.0 cm³/mol. The van der Waals surface area contributed by atoms with Gasteiger partial charge in [-0.25, -0.2) is 4.79 Å². The van der Waals surface area contributed by atoms with Gasteiger partial charge in [-0.05, 0) is 18.2 Å². The van der Waals surface area contributed by atoms with Crippen LogP contribution in [0.4, 0.5) is 0 Å². The Labute approximate surface area is 133 Å². The Bertz CT molecular complexity index is 708. The van der Waals surface area contributed by atoms with E-state index in [1.54, 1.807) is 14.1 Å². The zero-order valence-electron chi connectivity index (χ0n) is 12.9. The maximum absolute atomic E-state index is 12.2. The molecule has 3 amide bonds. The van der Waals surface area contributed by atoms with Crippen LogP contribution < -0.4 is 0 Å². The molecule has 0 spiro atoms. The average Bonchev–Trinajstić information content (AvgIpc) is 2.77. The van der Waals surface area contributed by atoms with Crippen LogP contribution in [0.2, 0.25) is 0 Å². The molecule has 1 aromatic carbocycles. The molecule has 0 saturated carbocycles. The first-order valence-electron chi connectivity index (χ1n) is 6.85. The Kier molecular flexibility index (Phi) is 4.59. The van der Waals surface area contributed by atoms with Gasteiger partial charge in [0.05, 0.1) is 16.7 Å². The van der Waals surface area contributed by atoms with E-state index in [2.05, 4.69) is 6.58 Å². The fraction of sp³-hybridized carbons (Fsp3) is 0.250. The van der Waals surface area contributed by atoms with Crippen molar-refractivity contribution in [2.75, 3.05) is 27.2 Å². The van der Waals surface area contributed by atoms with Crippen LogP contribution in [0.5, 0.6) is 0 Å². The van der Waals surface area contributed by atoms with Gasteiger partial charge in [-0.3, -0.25) is 19.3 Å². The fourth-order valence-corrected chi connectivity index (χ4v) is 2.05. The molecule has 0 N–H and O–H groups in total. The Hall–Kier alpha value is -2.96. The number of nitrogens with zero attached hydrogens (tertiary/aromatic N) is 2. The van der Waals surface area contributed by atoms with Crippen molar-refractivity contribution in [3.8, 4) is 0 Å². The van der Waals surface area contributed by atoms with Gasteiger partial charge >= 0.3 is 5.97 Å². The lowest BCUT2D eigenvalue weighted by Crippen LogP contribution is -2.29. The maximum Gasteiger partial charge on any atom is 0.338 e.